The van der Waals surface area contributed by atoms with Crippen LogP contribution < -0.4 is 10.6 Å². The van der Waals surface area contributed by atoms with E-state index in [1.54, 1.807) is 25.4 Å². The van der Waals surface area contributed by atoms with Gasteiger partial charge in [-0.15, -0.1) is 0 Å². The van der Waals surface area contributed by atoms with Gasteiger partial charge < -0.3 is 20.4 Å². The summed E-state index contributed by atoms with van der Waals surface area (Å²) in [6.45, 7) is 4.65. The summed E-state index contributed by atoms with van der Waals surface area (Å²) in [5.41, 5.74) is 2.91. The van der Waals surface area contributed by atoms with Gasteiger partial charge in [0.25, 0.3) is 0 Å². The SMILES string of the molecule is Cc1ncc(Nc2cc(F)cc(CCNC(=O)CN(C)C(=O)/C=C/CN(C)C)c2)nc1C. The highest BCUT2D eigenvalue weighted by molar-refractivity contribution is 5.91. The van der Waals surface area contributed by atoms with Gasteiger partial charge in [0.05, 0.1) is 24.1 Å². The molecule has 9 heteroatoms. The highest BCUT2D eigenvalue weighted by Gasteiger charge is 2.10. The Kier molecular flexibility index (Phi) is 9.27. The van der Waals surface area contributed by atoms with E-state index in [4.69, 9.17) is 0 Å². The fourth-order valence-corrected chi connectivity index (χ4v) is 2.80. The normalized spacial score (nSPS) is 11.1. The zero-order chi connectivity index (χ0) is 23.7. The third kappa shape index (κ3) is 8.43. The van der Waals surface area contributed by atoms with Crippen molar-refractivity contribution in [3.8, 4) is 0 Å². The van der Waals surface area contributed by atoms with Crippen molar-refractivity contribution in [2.75, 3.05) is 46.1 Å². The van der Waals surface area contributed by atoms with Crippen molar-refractivity contribution in [3.05, 3.63) is 59.3 Å². The van der Waals surface area contributed by atoms with E-state index in [-0.39, 0.29) is 24.2 Å². The maximum absolute atomic E-state index is 14.1. The van der Waals surface area contributed by atoms with Crippen LogP contribution in [0.3, 0.4) is 0 Å². The van der Waals surface area contributed by atoms with Crippen LogP contribution >= 0.6 is 0 Å². The van der Waals surface area contributed by atoms with Crippen molar-refractivity contribution in [3.63, 3.8) is 0 Å². The third-order valence-corrected chi connectivity index (χ3v) is 4.65. The number of nitrogens with zero attached hydrogens (tertiary/aromatic N) is 4. The summed E-state index contributed by atoms with van der Waals surface area (Å²) in [6, 6.07) is 4.61. The van der Waals surface area contributed by atoms with E-state index in [2.05, 4.69) is 20.6 Å². The summed E-state index contributed by atoms with van der Waals surface area (Å²) in [5, 5.41) is 5.82. The van der Waals surface area contributed by atoms with Gasteiger partial charge in [0.2, 0.25) is 11.8 Å². The lowest BCUT2D eigenvalue weighted by atomic mass is 10.1. The highest BCUT2D eigenvalue weighted by Crippen LogP contribution is 2.19. The zero-order valence-corrected chi connectivity index (χ0v) is 19.3. The number of carbonyl (C=O) groups is 2. The summed E-state index contributed by atoms with van der Waals surface area (Å²) in [7, 11) is 5.38. The van der Waals surface area contributed by atoms with Gasteiger partial charge in [0, 0.05) is 31.9 Å². The van der Waals surface area contributed by atoms with E-state index < -0.39 is 0 Å². The van der Waals surface area contributed by atoms with Crippen LogP contribution in [0.4, 0.5) is 15.9 Å². The van der Waals surface area contributed by atoms with Gasteiger partial charge in [-0.25, -0.2) is 9.37 Å². The van der Waals surface area contributed by atoms with Crippen LogP contribution in [0.25, 0.3) is 0 Å². The summed E-state index contributed by atoms with van der Waals surface area (Å²) in [4.78, 5) is 36.0. The summed E-state index contributed by atoms with van der Waals surface area (Å²) in [6.07, 6.45) is 5.24. The minimum absolute atomic E-state index is 0.0491. The fourth-order valence-electron chi connectivity index (χ4n) is 2.80. The second-order valence-electron chi connectivity index (χ2n) is 7.86. The molecule has 1 aromatic carbocycles. The molecule has 2 aromatic rings. The number of carbonyl (C=O) groups excluding carboxylic acids is 2. The van der Waals surface area contributed by atoms with Gasteiger partial charge in [-0.1, -0.05) is 6.08 Å². The van der Waals surface area contributed by atoms with Gasteiger partial charge in [-0.2, -0.15) is 0 Å². The van der Waals surface area contributed by atoms with Crippen molar-refractivity contribution in [1.82, 2.24) is 25.1 Å². The number of aromatic nitrogens is 2. The molecule has 0 aliphatic carbocycles. The number of amides is 2. The molecule has 32 heavy (non-hydrogen) atoms. The fraction of sp³-hybridized carbons (Fsp3) is 0.391. The molecule has 0 aliphatic heterocycles. The number of nitrogens with one attached hydrogen (secondary N) is 2. The minimum Gasteiger partial charge on any atom is -0.354 e. The van der Waals surface area contributed by atoms with Gasteiger partial charge >= 0.3 is 0 Å². The second-order valence-corrected chi connectivity index (χ2v) is 7.86. The van der Waals surface area contributed by atoms with Crippen LogP contribution in [0.15, 0.2) is 36.5 Å². The average molecular weight is 443 g/mol. The number of hydrogen-bond donors (Lipinski definition) is 2. The Balaban J connectivity index is 1.85. The third-order valence-electron chi connectivity index (χ3n) is 4.65. The van der Waals surface area contributed by atoms with Crippen LogP contribution in [0.2, 0.25) is 0 Å². The molecule has 2 amide bonds. The Labute approximate surface area is 188 Å². The maximum Gasteiger partial charge on any atom is 0.246 e. The first-order valence-corrected chi connectivity index (χ1v) is 10.3. The van der Waals surface area contributed by atoms with E-state index in [0.29, 0.717) is 31.0 Å². The van der Waals surface area contributed by atoms with Crippen molar-refractivity contribution in [1.29, 1.82) is 0 Å². The van der Waals surface area contributed by atoms with Crippen molar-refractivity contribution in [2.24, 2.45) is 0 Å². The largest absolute Gasteiger partial charge is 0.354 e. The van der Waals surface area contributed by atoms with E-state index in [1.165, 1.54) is 23.1 Å². The molecule has 1 heterocycles. The molecule has 1 aromatic heterocycles. The zero-order valence-electron chi connectivity index (χ0n) is 19.3. The number of aryl methyl sites for hydroxylation is 2. The molecule has 0 spiro atoms. The second kappa shape index (κ2) is 11.9. The predicted octanol–water partition coefficient (Wildman–Crippen LogP) is 2.21. The van der Waals surface area contributed by atoms with Gasteiger partial charge in [-0.3, -0.25) is 14.6 Å². The molecule has 0 aliphatic rings. The van der Waals surface area contributed by atoms with Gasteiger partial charge in [0.15, 0.2) is 0 Å². The number of benzene rings is 1. The van der Waals surface area contributed by atoms with E-state index in [1.807, 2.05) is 32.8 Å². The predicted molar refractivity (Wildman–Crippen MR) is 123 cm³/mol. The van der Waals surface area contributed by atoms with E-state index >= 15 is 0 Å². The lowest BCUT2D eigenvalue weighted by Gasteiger charge is -2.15. The van der Waals surface area contributed by atoms with Crippen molar-refractivity contribution < 1.29 is 14.0 Å². The lowest BCUT2D eigenvalue weighted by molar-refractivity contribution is -0.131. The number of likely N-dealkylation sites (N-methyl/N-ethyl adjacent to an activating group) is 2. The quantitative estimate of drug-likeness (QED) is 0.549. The van der Waals surface area contributed by atoms with Gasteiger partial charge in [-0.05, 0) is 58.1 Å². The molecule has 2 N–H and O–H groups in total. The Morgan fingerprint density at radius 2 is 1.88 bits per heavy atom. The molecule has 0 bridgehead atoms. The molecule has 0 saturated carbocycles. The smallest absolute Gasteiger partial charge is 0.246 e. The number of anilines is 2. The molecule has 2 rings (SSSR count). The molecule has 172 valence electrons. The van der Waals surface area contributed by atoms with Crippen LogP contribution in [0.5, 0.6) is 0 Å². The Morgan fingerprint density at radius 3 is 2.56 bits per heavy atom. The Bertz CT molecular complexity index is 977. The Hall–Kier alpha value is -3.33. The molecule has 0 radical (unpaired) electrons. The van der Waals surface area contributed by atoms with Crippen molar-refractivity contribution in [2.45, 2.75) is 20.3 Å². The maximum atomic E-state index is 14.1. The number of rotatable bonds is 10. The standard InChI is InChI=1S/C23H31FN6O2/c1-16-17(2)27-21(14-26-16)28-20-12-18(11-19(24)13-20)8-9-25-22(31)15-30(5)23(32)7-6-10-29(3)4/h6-7,11-14H,8-10,15H2,1-5H3,(H,25,31)(H,27,28)/b7-6+. The number of halogens is 1. The highest BCUT2D eigenvalue weighted by atomic mass is 19.1. The first-order valence-electron chi connectivity index (χ1n) is 10.3. The summed E-state index contributed by atoms with van der Waals surface area (Å²) < 4.78 is 14.1. The van der Waals surface area contributed by atoms with E-state index in [9.17, 15) is 14.0 Å². The minimum atomic E-state index is -0.386. The molecule has 0 atom stereocenters. The lowest BCUT2D eigenvalue weighted by Crippen LogP contribution is -2.38. The molecule has 0 fully saturated rings. The topological polar surface area (TPSA) is 90.5 Å². The van der Waals surface area contributed by atoms with E-state index in [0.717, 1.165) is 17.0 Å². The van der Waals surface area contributed by atoms with Gasteiger partial charge in [0.1, 0.15) is 11.6 Å². The molecule has 0 saturated heterocycles. The Morgan fingerprint density at radius 1 is 1.12 bits per heavy atom. The molecule has 0 unspecified atom stereocenters. The monoisotopic (exact) mass is 442 g/mol. The summed E-state index contributed by atoms with van der Waals surface area (Å²) >= 11 is 0. The first-order chi connectivity index (χ1) is 15.1. The molecular weight excluding hydrogens is 411 g/mol. The van der Waals surface area contributed by atoms with Crippen LogP contribution in [-0.4, -0.2) is 72.4 Å². The molecular formula is C23H31FN6O2. The van der Waals surface area contributed by atoms with Crippen LogP contribution in [-0.2, 0) is 16.0 Å². The van der Waals surface area contributed by atoms with Crippen LogP contribution in [0.1, 0.15) is 17.0 Å². The molecule has 8 nitrogen and oxygen atoms in total. The van der Waals surface area contributed by atoms with Crippen molar-refractivity contribution >= 4 is 23.3 Å². The van der Waals surface area contributed by atoms with Crippen LogP contribution in [0, 0.1) is 19.7 Å². The average Bonchev–Trinajstić information content (AvgIpc) is 2.70. The summed E-state index contributed by atoms with van der Waals surface area (Å²) in [5.74, 6) is -0.368. The first kappa shape index (κ1) is 24.9. The number of hydrogen-bond acceptors (Lipinski definition) is 6.